The van der Waals surface area contributed by atoms with E-state index in [0.29, 0.717) is 22.2 Å². The predicted molar refractivity (Wildman–Crippen MR) is 125 cm³/mol. The van der Waals surface area contributed by atoms with E-state index in [4.69, 9.17) is 12.2 Å². The Labute approximate surface area is 198 Å². The number of pyridine rings is 1. The summed E-state index contributed by atoms with van der Waals surface area (Å²) in [5.41, 5.74) is 1.70. The molecule has 0 radical (unpaired) electrons. The first kappa shape index (κ1) is 22.1. The first-order valence-corrected chi connectivity index (χ1v) is 10.8. The number of nitrogens with one attached hydrogen (secondary N) is 1. The number of hydrogen-bond donors (Lipinski definition) is 1. The molecule has 5 rings (SSSR count). The molecule has 2 aromatic carbocycles. The second-order valence-electron chi connectivity index (χ2n) is 7.82. The molecule has 1 aliphatic heterocycles. The van der Waals surface area contributed by atoms with Crippen LogP contribution in [0.4, 0.5) is 23.2 Å². The summed E-state index contributed by atoms with van der Waals surface area (Å²) in [4.78, 5) is 6.32. The van der Waals surface area contributed by atoms with E-state index in [1.807, 2.05) is 23.1 Å². The van der Waals surface area contributed by atoms with Gasteiger partial charge in [-0.3, -0.25) is 4.98 Å². The van der Waals surface area contributed by atoms with Crippen molar-refractivity contribution in [3.63, 3.8) is 0 Å². The quantitative estimate of drug-likeness (QED) is 0.277. The number of alkyl halides is 3. The first-order chi connectivity index (χ1) is 16.3. The molecule has 0 spiro atoms. The third-order valence-electron chi connectivity index (χ3n) is 5.74. The lowest BCUT2D eigenvalue weighted by Crippen LogP contribution is -2.30. The Kier molecular flexibility index (Phi) is 5.57. The van der Waals surface area contributed by atoms with Gasteiger partial charge < -0.3 is 14.8 Å². The molecule has 1 aliphatic rings. The van der Waals surface area contributed by atoms with Gasteiger partial charge in [0.2, 0.25) is 0 Å². The fourth-order valence-corrected chi connectivity index (χ4v) is 4.58. The highest BCUT2D eigenvalue weighted by Gasteiger charge is 2.42. The second kappa shape index (κ2) is 8.57. The van der Waals surface area contributed by atoms with Gasteiger partial charge >= 0.3 is 6.18 Å². The highest BCUT2D eigenvalue weighted by atomic mass is 32.1. The molecule has 0 amide bonds. The van der Waals surface area contributed by atoms with Crippen LogP contribution in [0.15, 0.2) is 91.3 Å². The Morgan fingerprint density at radius 3 is 2.38 bits per heavy atom. The molecule has 0 aliphatic carbocycles. The molecule has 1 fully saturated rings. The molecule has 34 heavy (non-hydrogen) atoms. The highest BCUT2D eigenvalue weighted by molar-refractivity contribution is 7.80. The maximum atomic E-state index is 13.6. The van der Waals surface area contributed by atoms with Crippen molar-refractivity contribution in [2.24, 2.45) is 0 Å². The largest absolute Gasteiger partial charge is 0.416 e. The Hall–Kier alpha value is -3.72. The molecule has 0 unspecified atom stereocenters. The molecule has 2 atom stereocenters. The van der Waals surface area contributed by atoms with Crippen molar-refractivity contribution >= 4 is 23.0 Å². The normalized spacial score (nSPS) is 18.2. The first-order valence-electron chi connectivity index (χ1n) is 10.4. The number of anilines is 1. The summed E-state index contributed by atoms with van der Waals surface area (Å²) in [5.74, 6) is -0.382. The number of rotatable bonds is 4. The summed E-state index contributed by atoms with van der Waals surface area (Å²) in [6.07, 6.45) is -1.08. The molecular formula is C25H18F4N4S. The molecule has 9 heteroatoms. The topological polar surface area (TPSA) is 33.1 Å². The predicted octanol–water partition coefficient (Wildman–Crippen LogP) is 6.21. The maximum absolute atomic E-state index is 13.6. The summed E-state index contributed by atoms with van der Waals surface area (Å²) in [6.45, 7) is 0. The molecule has 172 valence electrons. The van der Waals surface area contributed by atoms with Crippen LogP contribution in [-0.2, 0) is 6.18 Å². The lowest BCUT2D eigenvalue weighted by atomic mass is 10.0. The van der Waals surface area contributed by atoms with Crippen molar-refractivity contribution in [2.75, 3.05) is 4.90 Å². The van der Waals surface area contributed by atoms with Crippen LogP contribution in [-0.4, -0.2) is 14.7 Å². The monoisotopic (exact) mass is 482 g/mol. The van der Waals surface area contributed by atoms with Crippen molar-refractivity contribution in [3.05, 3.63) is 114 Å². The molecule has 4 aromatic rings. The van der Waals surface area contributed by atoms with Gasteiger partial charge in [0.1, 0.15) is 11.9 Å². The zero-order valence-corrected chi connectivity index (χ0v) is 18.4. The van der Waals surface area contributed by atoms with Crippen molar-refractivity contribution in [1.82, 2.24) is 14.9 Å². The van der Waals surface area contributed by atoms with E-state index in [9.17, 15) is 17.6 Å². The summed E-state index contributed by atoms with van der Waals surface area (Å²) in [7, 11) is 0. The number of thiocarbonyl (C=S) groups is 1. The highest BCUT2D eigenvalue weighted by Crippen LogP contribution is 2.42. The van der Waals surface area contributed by atoms with Gasteiger partial charge in [-0.05, 0) is 78.9 Å². The molecule has 1 N–H and O–H groups in total. The van der Waals surface area contributed by atoms with E-state index < -0.39 is 23.8 Å². The Morgan fingerprint density at radius 2 is 1.68 bits per heavy atom. The van der Waals surface area contributed by atoms with Crippen LogP contribution in [0, 0.1) is 5.82 Å². The molecule has 2 aromatic heterocycles. The average Bonchev–Trinajstić information content (AvgIpc) is 3.44. The van der Waals surface area contributed by atoms with Gasteiger partial charge in [-0.1, -0.05) is 12.1 Å². The zero-order valence-electron chi connectivity index (χ0n) is 17.6. The van der Waals surface area contributed by atoms with Crippen LogP contribution in [0.25, 0.3) is 5.69 Å². The smallest absolute Gasteiger partial charge is 0.351 e. The summed E-state index contributed by atoms with van der Waals surface area (Å²) in [5, 5.41) is 3.70. The van der Waals surface area contributed by atoms with Crippen molar-refractivity contribution in [1.29, 1.82) is 0 Å². The van der Waals surface area contributed by atoms with Crippen LogP contribution < -0.4 is 10.2 Å². The minimum atomic E-state index is -4.46. The zero-order chi connectivity index (χ0) is 23.9. The number of aromatic nitrogens is 2. The maximum Gasteiger partial charge on any atom is 0.416 e. The van der Waals surface area contributed by atoms with Gasteiger partial charge in [0.05, 0.1) is 17.3 Å². The summed E-state index contributed by atoms with van der Waals surface area (Å²) < 4.78 is 55.5. The Balaban J connectivity index is 1.66. The van der Waals surface area contributed by atoms with E-state index in [1.165, 1.54) is 18.2 Å². The van der Waals surface area contributed by atoms with Gasteiger partial charge in [0.15, 0.2) is 5.11 Å². The molecular weight excluding hydrogens is 464 g/mol. The Bertz CT molecular complexity index is 1320. The van der Waals surface area contributed by atoms with Crippen molar-refractivity contribution in [2.45, 2.75) is 18.3 Å². The van der Waals surface area contributed by atoms with Gasteiger partial charge in [0.25, 0.3) is 0 Å². The van der Waals surface area contributed by atoms with E-state index in [0.717, 1.165) is 17.8 Å². The second-order valence-corrected chi connectivity index (χ2v) is 8.21. The molecule has 0 saturated carbocycles. The fourth-order valence-electron chi connectivity index (χ4n) is 4.24. The molecule has 1 saturated heterocycles. The number of benzene rings is 2. The van der Waals surface area contributed by atoms with Crippen LogP contribution in [0.3, 0.4) is 0 Å². The molecule has 3 heterocycles. The van der Waals surface area contributed by atoms with E-state index >= 15 is 0 Å². The fraction of sp³-hybridized carbons (Fsp3) is 0.120. The third-order valence-corrected chi connectivity index (χ3v) is 6.05. The number of nitrogens with zero attached hydrogens (tertiary/aromatic N) is 3. The van der Waals surface area contributed by atoms with Crippen LogP contribution in [0.5, 0.6) is 0 Å². The van der Waals surface area contributed by atoms with Gasteiger partial charge in [0, 0.05) is 29.5 Å². The van der Waals surface area contributed by atoms with Crippen LogP contribution in [0.2, 0.25) is 0 Å². The molecule has 0 bridgehead atoms. The summed E-state index contributed by atoms with van der Waals surface area (Å²) >= 11 is 5.65. The van der Waals surface area contributed by atoms with Gasteiger partial charge in [-0.25, -0.2) is 4.39 Å². The minimum absolute atomic E-state index is 0.367. The van der Waals surface area contributed by atoms with E-state index in [-0.39, 0.29) is 5.82 Å². The average molecular weight is 483 g/mol. The van der Waals surface area contributed by atoms with Crippen molar-refractivity contribution < 1.29 is 17.6 Å². The summed E-state index contributed by atoms with van der Waals surface area (Å²) in [6, 6.07) is 19.4. The van der Waals surface area contributed by atoms with Crippen molar-refractivity contribution in [3.8, 4) is 5.69 Å². The lowest BCUT2D eigenvalue weighted by molar-refractivity contribution is -0.137. The SMILES string of the molecule is Fc1ccc(N2C(=S)N[C@@H](c3ccccn3)[C@@H]2c2cccn2-c2cccc(C(F)(F)F)c2)cc1. The van der Waals surface area contributed by atoms with Gasteiger partial charge in [-0.15, -0.1) is 0 Å². The number of halogens is 4. The van der Waals surface area contributed by atoms with E-state index in [2.05, 4.69) is 10.3 Å². The number of hydrogen-bond acceptors (Lipinski definition) is 2. The van der Waals surface area contributed by atoms with Gasteiger partial charge in [-0.2, -0.15) is 13.2 Å². The van der Waals surface area contributed by atoms with Crippen LogP contribution >= 0.6 is 12.2 Å². The molecule has 4 nitrogen and oxygen atoms in total. The third kappa shape index (κ3) is 4.03. The standard InChI is InChI=1S/C25H18F4N4S/c26-17-9-11-18(12-10-17)33-23(22(31-24(33)34)20-7-1-2-13-30-20)21-8-4-14-32(21)19-6-3-5-16(15-19)25(27,28)29/h1-15,22-23H,(H,31,34)/t22-,23-/m0/s1. The Morgan fingerprint density at radius 1 is 0.882 bits per heavy atom. The van der Waals surface area contributed by atoms with E-state index in [1.54, 1.807) is 47.3 Å². The minimum Gasteiger partial charge on any atom is -0.351 e. The van der Waals surface area contributed by atoms with Crippen LogP contribution in [0.1, 0.15) is 29.0 Å². The lowest BCUT2D eigenvalue weighted by Gasteiger charge is -2.29.